The monoisotopic (exact) mass is 430 g/mol. The van der Waals surface area contributed by atoms with Crippen LogP contribution in [-0.2, 0) is 0 Å². The standard InChI is InChI=1S/Ce.2In.3H2O.6H/h;;;3*1H2;;;;;;. The van der Waals surface area contributed by atoms with Gasteiger partial charge in [-0.25, -0.2) is 0 Å². The Morgan fingerprint density at radius 2 is 0.500 bits per heavy atom. The first kappa shape index (κ1) is 64.1. The molecule has 0 aromatic heterocycles. The van der Waals surface area contributed by atoms with E-state index in [9.17, 15) is 0 Å². The van der Waals surface area contributed by atoms with Gasteiger partial charge in [0.1, 0.15) is 0 Å². The van der Waals surface area contributed by atoms with E-state index in [2.05, 4.69) is 0 Å². The second-order valence-corrected chi connectivity index (χ2v) is 0. The van der Waals surface area contributed by atoms with E-state index in [0.29, 0.717) is 0 Å². The Hall–Kier alpha value is 3.00. The van der Waals surface area contributed by atoms with E-state index >= 15 is 0 Å². The normalized spacial score (nSPS) is 0. The van der Waals surface area contributed by atoms with Crippen LogP contribution in [0.2, 0.25) is 0 Å². The minimum absolute atomic E-state index is 0. The van der Waals surface area contributed by atoms with Gasteiger partial charge in [0.25, 0.3) is 0 Å². The van der Waals surface area contributed by atoms with Crippen LogP contribution < -0.4 is 0 Å². The molecule has 0 aliphatic carbocycles. The van der Waals surface area contributed by atoms with Crippen LogP contribution in [0.15, 0.2) is 0 Å². The summed E-state index contributed by atoms with van der Waals surface area (Å²) in [5, 5.41) is 0. The van der Waals surface area contributed by atoms with Crippen LogP contribution in [0, 0.1) is 41.7 Å². The molecule has 0 fully saturated rings. The van der Waals surface area contributed by atoms with E-state index in [4.69, 9.17) is 0 Å². The third-order valence-electron chi connectivity index (χ3n) is 0. The molecule has 0 unspecified atom stereocenters. The topological polar surface area (TPSA) is 94.5 Å². The van der Waals surface area contributed by atoms with Gasteiger partial charge in [0.15, 0.2) is 0 Å². The summed E-state index contributed by atoms with van der Waals surface area (Å²) >= 11 is 0. The molecule has 0 rings (SSSR count). The molecule has 0 aromatic rings. The van der Waals surface area contributed by atoms with Crippen LogP contribution in [0.4, 0.5) is 0 Å². The van der Waals surface area contributed by atoms with E-state index in [-0.39, 0.29) is 110 Å². The summed E-state index contributed by atoms with van der Waals surface area (Å²) in [6.07, 6.45) is 0. The third-order valence-corrected chi connectivity index (χ3v) is 0. The van der Waals surface area contributed by atoms with Crippen LogP contribution >= 0.6 is 0 Å². The zero-order valence-corrected chi connectivity index (χ0v) is 5.14. The predicted octanol–water partition coefficient (Wildman–Crippen LogP) is -4.84. The van der Waals surface area contributed by atoms with Crippen LogP contribution in [0.3, 0.4) is 0 Å². The van der Waals surface area contributed by atoms with Crippen molar-refractivity contribution in [2.75, 3.05) is 0 Å². The molecule has 0 heterocycles. The summed E-state index contributed by atoms with van der Waals surface area (Å²) in [4.78, 5) is 0. The minimum atomic E-state index is 0. The van der Waals surface area contributed by atoms with Crippen LogP contribution in [0.5, 0.6) is 0 Å². The van der Waals surface area contributed by atoms with Gasteiger partial charge in [0.05, 0.1) is 0 Å². The summed E-state index contributed by atoms with van der Waals surface area (Å²) in [6, 6.07) is 0. The van der Waals surface area contributed by atoms with Gasteiger partial charge in [-0.2, -0.15) is 0 Å². The molecule has 0 radical (unpaired) electrons. The summed E-state index contributed by atoms with van der Waals surface area (Å²) in [6.45, 7) is 0. The summed E-state index contributed by atoms with van der Waals surface area (Å²) in [5.74, 6) is 0. The van der Waals surface area contributed by atoms with Gasteiger partial charge in [-0.05, 0) is 0 Å². The molecule has 0 amide bonds. The third kappa shape index (κ3) is 28.0. The molecular formula is H12CeIn2O3. The molecule has 0 aliphatic rings. The molecule has 0 aromatic carbocycles. The molecule has 6 heteroatoms. The number of hydrogen-bond acceptors (Lipinski definition) is 0. The Balaban J connectivity index is 0. The summed E-state index contributed by atoms with van der Waals surface area (Å²) < 4.78 is 0. The molecule has 0 aliphatic heterocycles. The van der Waals surface area contributed by atoms with Crippen LogP contribution in [0.1, 0.15) is 0 Å². The van der Waals surface area contributed by atoms with Gasteiger partial charge in [-0.3, -0.25) is 0 Å². The Morgan fingerprint density at radius 1 is 0.500 bits per heavy atom. The van der Waals surface area contributed by atoms with Gasteiger partial charge in [0.2, 0.25) is 0 Å². The molecule has 0 spiro atoms. The first-order valence-electron chi connectivity index (χ1n) is 0. The van der Waals surface area contributed by atoms with E-state index < -0.39 is 0 Å². The maximum absolute atomic E-state index is 0. The van der Waals surface area contributed by atoms with E-state index in [1.165, 1.54) is 0 Å². The molecule has 0 bridgehead atoms. The zero-order chi connectivity index (χ0) is 0. The Bertz CT molecular complexity index is 8.75. The van der Waals surface area contributed by atoms with Crippen LogP contribution in [-0.4, -0.2) is 68.1 Å². The average Bonchev–Trinajstić information content (AvgIpc) is 0. The van der Waals surface area contributed by atoms with Crippen LogP contribution in [0.25, 0.3) is 0 Å². The van der Waals surface area contributed by atoms with E-state index in [1.54, 1.807) is 0 Å². The SMILES string of the molecule is O.O.O.[Ce].[InH3].[InH3]. The fourth-order valence-corrected chi connectivity index (χ4v) is 0. The quantitative estimate of drug-likeness (QED) is 0.369. The molecule has 0 saturated heterocycles. The van der Waals surface area contributed by atoms with Gasteiger partial charge < -0.3 is 16.4 Å². The van der Waals surface area contributed by atoms with Crippen molar-refractivity contribution in [3.63, 3.8) is 0 Å². The molecule has 6 N–H and O–H groups in total. The first-order chi connectivity index (χ1) is 0. The van der Waals surface area contributed by atoms with Crippen molar-refractivity contribution in [3.8, 4) is 0 Å². The van der Waals surface area contributed by atoms with Crippen molar-refractivity contribution in [1.82, 2.24) is 0 Å². The van der Waals surface area contributed by atoms with Crippen molar-refractivity contribution in [2.24, 2.45) is 0 Å². The molecule has 0 atom stereocenters. The van der Waals surface area contributed by atoms with Gasteiger partial charge in [0, 0.05) is 41.7 Å². The molecule has 6 heavy (non-hydrogen) atoms. The van der Waals surface area contributed by atoms with Crippen molar-refractivity contribution in [1.29, 1.82) is 0 Å². The number of rotatable bonds is 0. The molecule has 0 saturated carbocycles. The predicted molar refractivity (Wildman–Crippen MR) is 30.7 cm³/mol. The van der Waals surface area contributed by atoms with Crippen molar-refractivity contribution < 1.29 is 58.2 Å². The van der Waals surface area contributed by atoms with Gasteiger partial charge in [-0.1, -0.05) is 0 Å². The van der Waals surface area contributed by atoms with Gasteiger partial charge in [-0.15, -0.1) is 0 Å². The zero-order valence-electron chi connectivity index (χ0n) is 2.00. The Morgan fingerprint density at radius 3 is 0.500 bits per heavy atom. The molecule has 3 nitrogen and oxygen atoms in total. The average molecular weight is 430 g/mol. The first-order valence-corrected chi connectivity index (χ1v) is 0. The van der Waals surface area contributed by atoms with Gasteiger partial charge >= 0.3 is 51.7 Å². The fourth-order valence-electron chi connectivity index (χ4n) is 0. The Kier molecular flexibility index (Phi) is 465. The summed E-state index contributed by atoms with van der Waals surface area (Å²) in [7, 11) is 0. The van der Waals surface area contributed by atoms with Crippen molar-refractivity contribution in [2.45, 2.75) is 0 Å². The van der Waals surface area contributed by atoms with E-state index in [0.717, 1.165) is 0 Å². The number of hydrogen-bond donors (Lipinski definition) is 0. The van der Waals surface area contributed by atoms with Crippen molar-refractivity contribution in [3.05, 3.63) is 0 Å². The second kappa shape index (κ2) is 43.6. The fraction of sp³-hybridized carbons (Fsp3) is 0. The summed E-state index contributed by atoms with van der Waals surface area (Å²) in [5.41, 5.74) is 0. The van der Waals surface area contributed by atoms with E-state index in [1.807, 2.05) is 0 Å². The second-order valence-electron chi connectivity index (χ2n) is 0. The Labute approximate surface area is 108 Å². The molecular weight excluding hydrogens is 418 g/mol. The van der Waals surface area contributed by atoms with Crippen molar-refractivity contribution >= 4 is 51.7 Å². The molecule has 40 valence electrons. The maximum atomic E-state index is 0.